The Hall–Kier alpha value is -1.80. The van der Waals surface area contributed by atoms with E-state index in [0.717, 1.165) is 30.4 Å². The third-order valence-corrected chi connectivity index (χ3v) is 6.66. The molecule has 0 radical (unpaired) electrons. The first-order valence-electron chi connectivity index (χ1n) is 10.6. The molecule has 172 valence electrons. The minimum absolute atomic E-state index is 0.0200. The Bertz CT molecular complexity index is 1050. The fourth-order valence-electron chi connectivity index (χ4n) is 3.55. The summed E-state index contributed by atoms with van der Waals surface area (Å²) in [6.45, 7) is 10.6. The zero-order valence-electron chi connectivity index (χ0n) is 19.1. The molecule has 1 aliphatic rings. The van der Waals surface area contributed by atoms with Crippen LogP contribution in [0.1, 0.15) is 71.3 Å². The van der Waals surface area contributed by atoms with Crippen LogP contribution in [0, 0.1) is 10.1 Å². The summed E-state index contributed by atoms with van der Waals surface area (Å²) in [6, 6.07) is 3.56. The summed E-state index contributed by atoms with van der Waals surface area (Å²) in [6.07, 6.45) is 3.35. The molecule has 0 saturated heterocycles. The van der Waals surface area contributed by atoms with Crippen molar-refractivity contribution in [1.82, 2.24) is 9.83 Å². The second kappa shape index (κ2) is 8.62. The third kappa shape index (κ3) is 6.13. The van der Waals surface area contributed by atoms with Gasteiger partial charge in [0.25, 0.3) is 0 Å². The Morgan fingerprint density at radius 1 is 1.10 bits per heavy atom. The van der Waals surface area contributed by atoms with E-state index in [1.165, 1.54) is 0 Å². The molecule has 0 spiro atoms. The minimum atomic E-state index is -3.83. The van der Waals surface area contributed by atoms with E-state index in [9.17, 15) is 14.7 Å². The van der Waals surface area contributed by atoms with Crippen molar-refractivity contribution in [3.8, 4) is 0 Å². The first-order valence-corrected chi connectivity index (χ1v) is 12.1. The molecule has 1 heterocycles. The van der Waals surface area contributed by atoms with E-state index in [-0.39, 0.29) is 24.4 Å². The Balaban J connectivity index is 1.72. The number of phosphoric acid groups is 1. The lowest BCUT2D eigenvalue weighted by Gasteiger charge is -2.30. The van der Waals surface area contributed by atoms with Gasteiger partial charge in [-0.25, -0.2) is 4.57 Å². The molecule has 0 atom stereocenters. The van der Waals surface area contributed by atoms with Gasteiger partial charge < -0.3 is 9.94 Å². The van der Waals surface area contributed by atoms with Gasteiger partial charge in [0.2, 0.25) is 0 Å². The van der Waals surface area contributed by atoms with Crippen LogP contribution in [0.5, 0.6) is 0 Å². The monoisotopic (exact) mass is 453 g/mol. The highest BCUT2D eigenvalue weighted by molar-refractivity contribution is 7.48. The van der Waals surface area contributed by atoms with Crippen LogP contribution < -0.4 is 4.54 Å². The number of rotatable bonds is 7. The summed E-state index contributed by atoms with van der Waals surface area (Å²) in [5, 5.41) is 16.7. The quantitative estimate of drug-likeness (QED) is 0.346. The number of fused-ring (bicyclic) bond motifs is 2. The minimum Gasteiger partial charge on any atom is -0.804 e. The maximum absolute atomic E-state index is 13.1. The van der Waals surface area contributed by atoms with E-state index in [0.29, 0.717) is 21.2 Å². The first kappa shape index (κ1) is 23.9. The number of hydrogen-bond acceptors (Lipinski definition) is 7. The standard InChI is InChI=1S/C21H32N3O6P/c1-20(2,3)29-31(27,30-21(4,5)6)28-12-8-11-19-22-24(26)18-14-16-10-7-9-15(16)13-17(18)23(19)25/h13-14H,7-12H2,1-6H3. The topological polar surface area (TPSA) is 109 Å². The van der Waals surface area contributed by atoms with Crippen molar-refractivity contribution in [1.29, 1.82) is 0 Å². The number of nitrogens with zero attached hydrogens (tertiary/aromatic N) is 3. The molecule has 1 aliphatic carbocycles. The number of benzene rings is 1. The molecule has 1 aromatic heterocycles. The lowest BCUT2D eigenvalue weighted by molar-refractivity contribution is -0.538. The second-order valence-corrected chi connectivity index (χ2v) is 11.4. The van der Waals surface area contributed by atoms with Crippen LogP contribution in [0.15, 0.2) is 12.1 Å². The number of hydrogen-bond donors (Lipinski definition) is 0. The Morgan fingerprint density at radius 3 is 2.26 bits per heavy atom. The van der Waals surface area contributed by atoms with Crippen molar-refractivity contribution in [2.24, 2.45) is 0 Å². The lowest BCUT2D eigenvalue weighted by Crippen LogP contribution is -2.27. The zero-order valence-corrected chi connectivity index (χ0v) is 20.0. The van der Waals surface area contributed by atoms with Crippen LogP contribution in [0.3, 0.4) is 0 Å². The van der Waals surface area contributed by atoms with Gasteiger partial charge >= 0.3 is 13.3 Å². The molecule has 31 heavy (non-hydrogen) atoms. The second-order valence-electron chi connectivity index (χ2n) is 9.84. The largest absolute Gasteiger partial charge is 0.804 e. The SMILES string of the molecule is CC(C)(C)OP(=O)(OCCCc1n[n+](=O)c2cc3c(cc2n1[O-])CCC3)OC(C)(C)C. The van der Waals surface area contributed by atoms with Crippen molar-refractivity contribution in [3.63, 3.8) is 0 Å². The normalized spacial score (nSPS) is 14.9. The summed E-state index contributed by atoms with van der Waals surface area (Å²) in [7, 11) is -3.83. The Labute approximate surface area is 182 Å². The highest BCUT2D eigenvalue weighted by Crippen LogP contribution is 2.55. The summed E-state index contributed by atoms with van der Waals surface area (Å²) < 4.78 is 30.9. The van der Waals surface area contributed by atoms with Crippen LogP contribution in [-0.2, 0) is 37.4 Å². The van der Waals surface area contributed by atoms with Crippen molar-refractivity contribution in [2.45, 2.75) is 84.8 Å². The molecular weight excluding hydrogens is 421 g/mol. The van der Waals surface area contributed by atoms with Gasteiger partial charge in [-0.05, 0) is 84.4 Å². The smallest absolute Gasteiger partial charge is 0.475 e. The third-order valence-electron chi connectivity index (χ3n) is 4.62. The predicted molar refractivity (Wildman–Crippen MR) is 117 cm³/mol. The summed E-state index contributed by atoms with van der Waals surface area (Å²) in [4.78, 5) is 12.4. The van der Waals surface area contributed by atoms with Gasteiger partial charge in [-0.1, -0.05) is 0 Å². The molecule has 1 aromatic carbocycles. The van der Waals surface area contributed by atoms with Crippen LogP contribution in [0.2, 0.25) is 0 Å². The van der Waals surface area contributed by atoms with Crippen LogP contribution in [0.25, 0.3) is 11.0 Å². The molecule has 0 aliphatic heterocycles. The van der Waals surface area contributed by atoms with E-state index in [2.05, 4.69) is 5.10 Å². The number of aryl methyl sites for hydroxylation is 3. The number of phosphoric ester groups is 1. The van der Waals surface area contributed by atoms with E-state index in [1.807, 2.05) is 0 Å². The molecule has 0 saturated carbocycles. The molecule has 9 nitrogen and oxygen atoms in total. The molecule has 3 rings (SSSR count). The summed E-state index contributed by atoms with van der Waals surface area (Å²) in [5.41, 5.74) is 1.35. The fourth-order valence-corrected chi connectivity index (χ4v) is 5.39. The van der Waals surface area contributed by atoms with E-state index in [1.54, 1.807) is 53.7 Å². The summed E-state index contributed by atoms with van der Waals surface area (Å²) in [5.74, 6) is 0.0901. The van der Waals surface area contributed by atoms with Crippen molar-refractivity contribution < 1.29 is 22.7 Å². The summed E-state index contributed by atoms with van der Waals surface area (Å²) >= 11 is 0. The fraction of sp³-hybridized carbons (Fsp3) is 0.667. The predicted octanol–water partition coefficient (Wildman–Crippen LogP) is 4.47. The molecule has 0 N–H and O–H groups in total. The number of aromatic nitrogens is 3. The van der Waals surface area contributed by atoms with E-state index >= 15 is 0 Å². The molecule has 10 heteroatoms. The van der Waals surface area contributed by atoms with Crippen molar-refractivity contribution in [2.75, 3.05) is 6.61 Å². The maximum Gasteiger partial charge on any atom is 0.475 e. The molecular formula is C21H32N3O6P. The lowest BCUT2D eigenvalue weighted by atomic mass is 10.1. The highest BCUT2D eigenvalue weighted by atomic mass is 31.2. The molecule has 0 fully saturated rings. The Morgan fingerprint density at radius 2 is 1.68 bits per heavy atom. The van der Waals surface area contributed by atoms with Crippen molar-refractivity contribution in [3.05, 3.63) is 39.2 Å². The van der Waals surface area contributed by atoms with E-state index < -0.39 is 19.0 Å². The van der Waals surface area contributed by atoms with Crippen LogP contribution in [0.4, 0.5) is 0 Å². The maximum atomic E-state index is 13.1. The van der Waals surface area contributed by atoms with E-state index in [4.69, 9.17) is 13.6 Å². The van der Waals surface area contributed by atoms with Gasteiger partial charge in [-0.15, -0.1) is 0 Å². The molecule has 2 aromatic rings. The van der Waals surface area contributed by atoms with Gasteiger partial charge in [-0.3, -0.25) is 13.6 Å². The average molecular weight is 453 g/mol. The highest BCUT2D eigenvalue weighted by Gasteiger charge is 2.37. The molecule has 0 bridgehead atoms. The van der Waals surface area contributed by atoms with Gasteiger partial charge in [0.15, 0.2) is 10.4 Å². The molecule has 0 amide bonds. The first-order chi connectivity index (χ1) is 14.3. The van der Waals surface area contributed by atoms with Gasteiger partial charge in [0, 0.05) is 12.5 Å². The zero-order chi connectivity index (χ0) is 23.0. The van der Waals surface area contributed by atoms with Gasteiger partial charge in [-0.2, -0.15) is 0 Å². The van der Waals surface area contributed by atoms with Crippen LogP contribution in [-0.4, -0.2) is 27.6 Å². The van der Waals surface area contributed by atoms with Crippen molar-refractivity contribution >= 4 is 18.9 Å². The van der Waals surface area contributed by atoms with Crippen LogP contribution >= 0.6 is 7.82 Å². The Kier molecular flexibility index (Phi) is 6.63. The average Bonchev–Trinajstić information content (AvgIpc) is 3.05. The van der Waals surface area contributed by atoms with Gasteiger partial charge in [0.1, 0.15) is 5.52 Å². The van der Waals surface area contributed by atoms with Gasteiger partial charge in [0.05, 0.1) is 27.8 Å². The molecule has 0 unspecified atom stereocenters.